The van der Waals surface area contributed by atoms with Crippen LogP contribution in [-0.4, -0.2) is 21.3 Å². The second-order valence-corrected chi connectivity index (χ2v) is 7.79. The number of thiocarbonyl (C=S) groups is 1. The number of hydrogen-bond acceptors (Lipinski definition) is 4. The first-order valence-electron chi connectivity index (χ1n) is 7.70. The number of carbonyl (C=O) groups is 2. The van der Waals surface area contributed by atoms with E-state index in [0.29, 0.717) is 25.5 Å². The van der Waals surface area contributed by atoms with Gasteiger partial charge in [-0.25, -0.2) is 0 Å². The Morgan fingerprint density at radius 2 is 1.77 bits per heavy atom. The zero-order valence-corrected chi connectivity index (χ0v) is 16.1. The van der Waals surface area contributed by atoms with Crippen molar-refractivity contribution in [1.82, 2.24) is 0 Å². The van der Waals surface area contributed by atoms with Crippen LogP contribution in [-0.2, 0) is 16.0 Å². The topological polar surface area (TPSA) is 57.6 Å². The first-order valence-corrected chi connectivity index (χ1v) is 9.31. The summed E-state index contributed by atoms with van der Waals surface area (Å²) >= 11 is 12.6. The number of thioether (sulfide) groups is 1. The van der Waals surface area contributed by atoms with Gasteiger partial charge in [-0.2, -0.15) is 0 Å². The van der Waals surface area contributed by atoms with E-state index in [1.54, 1.807) is 36.4 Å². The standard InChI is InChI=1S/C19H14ClNO3S2/c1-11(13-4-6-14(20)7-5-13)17-18(24)21(19(25)26-17)15-8-2-12(3-9-15)10-16(22)23/h2-9H,10H2,1H3,(H,22,23)/b17-11-. The van der Waals surface area contributed by atoms with Gasteiger partial charge in [0.25, 0.3) is 5.91 Å². The van der Waals surface area contributed by atoms with E-state index in [4.69, 9.17) is 28.9 Å². The molecule has 4 nitrogen and oxygen atoms in total. The van der Waals surface area contributed by atoms with Crippen molar-refractivity contribution < 1.29 is 14.7 Å². The minimum atomic E-state index is -0.898. The molecule has 1 amide bonds. The first-order chi connectivity index (χ1) is 12.4. The summed E-state index contributed by atoms with van der Waals surface area (Å²) < 4.78 is 0.448. The van der Waals surface area contributed by atoms with Crippen LogP contribution in [0, 0.1) is 0 Å². The smallest absolute Gasteiger partial charge is 0.307 e. The van der Waals surface area contributed by atoms with E-state index >= 15 is 0 Å². The fraction of sp³-hybridized carbons (Fsp3) is 0.105. The summed E-state index contributed by atoms with van der Waals surface area (Å²) in [7, 11) is 0. The largest absolute Gasteiger partial charge is 0.481 e. The van der Waals surface area contributed by atoms with Gasteiger partial charge in [-0.05, 0) is 47.9 Å². The number of carboxylic acids is 1. The molecule has 0 saturated carbocycles. The number of hydrogen-bond donors (Lipinski definition) is 1. The summed E-state index contributed by atoms with van der Waals surface area (Å²) in [6.45, 7) is 1.88. The van der Waals surface area contributed by atoms with Crippen molar-refractivity contribution in [2.45, 2.75) is 13.3 Å². The summed E-state index contributed by atoms with van der Waals surface area (Å²) in [5.74, 6) is -1.08. The summed E-state index contributed by atoms with van der Waals surface area (Å²) in [6.07, 6.45) is -0.0613. The minimum Gasteiger partial charge on any atom is -0.481 e. The summed E-state index contributed by atoms with van der Waals surface area (Å²) in [5, 5.41) is 9.48. The van der Waals surface area contributed by atoms with E-state index in [2.05, 4.69) is 0 Å². The molecule has 132 valence electrons. The molecule has 3 rings (SSSR count). The van der Waals surface area contributed by atoms with Crippen LogP contribution >= 0.6 is 35.6 Å². The van der Waals surface area contributed by atoms with Crippen molar-refractivity contribution in [3.63, 3.8) is 0 Å². The molecule has 2 aromatic carbocycles. The number of allylic oxidation sites excluding steroid dienone is 1. The maximum absolute atomic E-state index is 12.9. The van der Waals surface area contributed by atoms with Crippen LogP contribution in [0.25, 0.3) is 5.57 Å². The van der Waals surface area contributed by atoms with E-state index in [1.165, 1.54) is 16.7 Å². The number of aliphatic carboxylic acids is 1. The van der Waals surface area contributed by atoms with Gasteiger partial charge in [-0.1, -0.05) is 59.8 Å². The average Bonchev–Trinajstić information content (AvgIpc) is 2.90. The number of benzene rings is 2. The van der Waals surface area contributed by atoms with Crippen LogP contribution in [0.3, 0.4) is 0 Å². The number of amides is 1. The second kappa shape index (κ2) is 7.61. The van der Waals surface area contributed by atoms with Gasteiger partial charge in [-0.15, -0.1) is 0 Å². The van der Waals surface area contributed by atoms with Gasteiger partial charge in [0, 0.05) is 5.02 Å². The monoisotopic (exact) mass is 403 g/mol. The highest BCUT2D eigenvalue weighted by molar-refractivity contribution is 8.27. The molecule has 1 aliphatic heterocycles. The van der Waals surface area contributed by atoms with E-state index in [0.717, 1.165) is 11.1 Å². The molecule has 0 aliphatic carbocycles. The van der Waals surface area contributed by atoms with Gasteiger partial charge in [0.2, 0.25) is 0 Å². The van der Waals surface area contributed by atoms with Crippen molar-refractivity contribution in [2.24, 2.45) is 0 Å². The number of anilines is 1. The van der Waals surface area contributed by atoms with E-state index in [9.17, 15) is 9.59 Å². The highest BCUT2D eigenvalue weighted by Crippen LogP contribution is 2.39. The zero-order chi connectivity index (χ0) is 18.8. The Morgan fingerprint density at radius 3 is 2.35 bits per heavy atom. The molecule has 1 fully saturated rings. The predicted molar refractivity (Wildman–Crippen MR) is 110 cm³/mol. The maximum Gasteiger partial charge on any atom is 0.307 e. The molecular formula is C19H14ClNO3S2. The molecule has 0 radical (unpaired) electrons. The summed E-state index contributed by atoms with van der Waals surface area (Å²) in [5.41, 5.74) is 3.04. The van der Waals surface area contributed by atoms with Crippen molar-refractivity contribution in [3.05, 3.63) is 69.6 Å². The average molecular weight is 404 g/mol. The van der Waals surface area contributed by atoms with Crippen LogP contribution < -0.4 is 4.90 Å². The number of carbonyl (C=O) groups excluding carboxylic acids is 1. The van der Waals surface area contributed by atoms with Crippen molar-refractivity contribution in [3.8, 4) is 0 Å². The van der Waals surface area contributed by atoms with E-state index < -0.39 is 5.97 Å². The molecule has 0 bridgehead atoms. The third kappa shape index (κ3) is 3.82. The van der Waals surface area contributed by atoms with E-state index in [1.807, 2.05) is 19.1 Å². The highest BCUT2D eigenvalue weighted by atomic mass is 35.5. The van der Waals surface area contributed by atoms with Crippen molar-refractivity contribution >= 4 is 63.0 Å². The fourth-order valence-electron chi connectivity index (χ4n) is 2.59. The lowest BCUT2D eigenvalue weighted by Crippen LogP contribution is -2.27. The minimum absolute atomic E-state index is 0.0613. The van der Waals surface area contributed by atoms with Gasteiger partial charge in [0.05, 0.1) is 17.0 Å². The highest BCUT2D eigenvalue weighted by Gasteiger charge is 2.34. The molecule has 1 aliphatic rings. The second-order valence-electron chi connectivity index (χ2n) is 5.71. The lowest BCUT2D eigenvalue weighted by atomic mass is 10.1. The Labute approximate surface area is 165 Å². The number of nitrogens with zero attached hydrogens (tertiary/aromatic N) is 1. The third-order valence-electron chi connectivity index (χ3n) is 3.94. The van der Waals surface area contributed by atoms with Crippen LogP contribution in [0.1, 0.15) is 18.1 Å². The van der Waals surface area contributed by atoms with Gasteiger partial charge in [-0.3, -0.25) is 14.5 Å². The molecule has 26 heavy (non-hydrogen) atoms. The van der Waals surface area contributed by atoms with E-state index in [-0.39, 0.29) is 12.3 Å². The predicted octanol–water partition coefficient (Wildman–Crippen LogP) is 4.76. The van der Waals surface area contributed by atoms with Gasteiger partial charge in [0.1, 0.15) is 0 Å². The lowest BCUT2D eigenvalue weighted by molar-refractivity contribution is -0.136. The lowest BCUT2D eigenvalue weighted by Gasteiger charge is -2.15. The Balaban J connectivity index is 1.90. The Hall–Kier alpha value is -2.15. The van der Waals surface area contributed by atoms with Crippen LogP contribution in [0.5, 0.6) is 0 Å². The van der Waals surface area contributed by atoms with Gasteiger partial charge >= 0.3 is 5.97 Å². The number of halogens is 1. The van der Waals surface area contributed by atoms with Crippen molar-refractivity contribution in [2.75, 3.05) is 4.90 Å². The molecule has 7 heteroatoms. The molecule has 0 atom stereocenters. The van der Waals surface area contributed by atoms with Gasteiger partial charge in [0.15, 0.2) is 4.32 Å². The normalized spacial score (nSPS) is 16.2. The number of carboxylic acid groups (broad SMARTS) is 1. The molecule has 0 unspecified atom stereocenters. The maximum atomic E-state index is 12.9. The molecule has 1 saturated heterocycles. The zero-order valence-electron chi connectivity index (χ0n) is 13.7. The molecule has 0 spiro atoms. The van der Waals surface area contributed by atoms with Gasteiger partial charge < -0.3 is 5.11 Å². The molecular weight excluding hydrogens is 390 g/mol. The fourth-order valence-corrected chi connectivity index (χ4v) is 4.06. The molecule has 1 N–H and O–H groups in total. The van der Waals surface area contributed by atoms with Crippen molar-refractivity contribution in [1.29, 1.82) is 0 Å². The first kappa shape index (κ1) is 18.6. The SMILES string of the molecule is C/C(=C1/SC(=S)N(c2ccc(CC(=O)O)cc2)C1=O)c1ccc(Cl)cc1. The summed E-state index contributed by atoms with van der Waals surface area (Å²) in [4.78, 5) is 25.7. The van der Waals surface area contributed by atoms with Crippen LogP contribution in [0.4, 0.5) is 5.69 Å². The molecule has 2 aromatic rings. The van der Waals surface area contributed by atoms with Crippen LogP contribution in [0.15, 0.2) is 53.4 Å². The quantitative estimate of drug-likeness (QED) is 0.589. The Bertz CT molecular complexity index is 921. The van der Waals surface area contributed by atoms with Crippen LogP contribution in [0.2, 0.25) is 5.02 Å². The molecule has 1 heterocycles. The third-order valence-corrected chi connectivity index (χ3v) is 5.66. The summed E-state index contributed by atoms with van der Waals surface area (Å²) in [6, 6.07) is 14.1. The Morgan fingerprint density at radius 1 is 1.15 bits per heavy atom. The molecule has 0 aromatic heterocycles. The Kier molecular flexibility index (Phi) is 5.46. The number of rotatable bonds is 4.